The number of fused-ring (bicyclic) bond motifs is 1. The first-order valence-corrected chi connectivity index (χ1v) is 11.5. The van der Waals surface area contributed by atoms with E-state index in [-0.39, 0.29) is 17.9 Å². The van der Waals surface area contributed by atoms with Gasteiger partial charge in [-0.3, -0.25) is 9.48 Å². The van der Waals surface area contributed by atoms with E-state index in [9.17, 15) is 18.0 Å². The number of hydrogen-bond donors (Lipinski definition) is 2. The fraction of sp³-hybridized carbons (Fsp3) is 0.320. The minimum Gasteiger partial charge on any atom is -0.467 e. The lowest BCUT2D eigenvalue weighted by molar-refractivity contribution is -0.174. The molecule has 11 heteroatoms. The zero-order valence-corrected chi connectivity index (χ0v) is 19.9. The molecule has 2 atom stereocenters. The number of nitrogens with one attached hydrogen (secondary N) is 2. The maximum absolute atomic E-state index is 13.9. The lowest BCUT2D eigenvalue weighted by Gasteiger charge is -2.32. The molecule has 0 saturated carbocycles. The third kappa shape index (κ3) is 4.48. The summed E-state index contributed by atoms with van der Waals surface area (Å²) in [5, 5.41) is 14.3. The molecule has 5 rings (SSSR count). The van der Waals surface area contributed by atoms with Crippen LogP contribution in [-0.4, -0.2) is 31.6 Å². The van der Waals surface area contributed by atoms with Crippen LogP contribution in [0.2, 0.25) is 0 Å². The van der Waals surface area contributed by atoms with E-state index in [1.54, 1.807) is 23.7 Å². The van der Waals surface area contributed by atoms with E-state index in [2.05, 4.69) is 20.8 Å². The van der Waals surface area contributed by atoms with Gasteiger partial charge >= 0.3 is 6.18 Å². The largest absolute Gasteiger partial charge is 0.467 e. The Morgan fingerprint density at radius 1 is 1.17 bits per heavy atom. The molecule has 3 aromatic heterocycles. The molecule has 0 fully saturated rings. The molecule has 36 heavy (non-hydrogen) atoms. The number of furan rings is 1. The summed E-state index contributed by atoms with van der Waals surface area (Å²) < 4.78 is 49.5. The number of amides is 1. The van der Waals surface area contributed by atoms with Crippen LogP contribution >= 0.6 is 0 Å². The topological polar surface area (TPSA) is 89.9 Å². The van der Waals surface area contributed by atoms with E-state index in [0.717, 1.165) is 21.5 Å². The lowest BCUT2D eigenvalue weighted by atomic mass is 10.0. The van der Waals surface area contributed by atoms with Crippen molar-refractivity contribution in [2.45, 2.75) is 52.0 Å². The maximum atomic E-state index is 13.9. The van der Waals surface area contributed by atoms with Gasteiger partial charge < -0.3 is 15.1 Å². The molecule has 4 heterocycles. The van der Waals surface area contributed by atoms with Crippen molar-refractivity contribution in [2.75, 3.05) is 10.6 Å². The highest BCUT2D eigenvalue weighted by Crippen LogP contribution is 2.43. The summed E-state index contributed by atoms with van der Waals surface area (Å²) in [5.41, 5.74) is 3.92. The van der Waals surface area contributed by atoms with Gasteiger partial charge in [0.05, 0.1) is 35.9 Å². The number of carbonyl (C=O) groups excluding carboxylic acids is 1. The summed E-state index contributed by atoms with van der Waals surface area (Å²) in [6, 6.07) is 10.0. The minimum absolute atomic E-state index is 0.0960. The molecule has 0 radical (unpaired) electrons. The van der Waals surface area contributed by atoms with Crippen LogP contribution in [0.15, 0.2) is 53.1 Å². The molecule has 0 bridgehead atoms. The van der Waals surface area contributed by atoms with E-state index < -0.39 is 24.2 Å². The Hall–Kier alpha value is -4.02. The molecule has 1 aliphatic heterocycles. The van der Waals surface area contributed by atoms with Crippen molar-refractivity contribution in [2.24, 2.45) is 0 Å². The van der Waals surface area contributed by atoms with E-state index >= 15 is 0 Å². The molecular weight excluding hydrogens is 473 g/mol. The molecule has 0 saturated heterocycles. The standard InChI is InChI=1S/C25H25F3N6O2/c1-14-6-8-17(9-7-14)13-33-16(3)23(15(2)31-33)30-24(35)19-12-22-29-18(20-5-4-10-36-20)11-21(25(26,27)28)34(22)32-19/h4-10,12,18,21,29H,11,13H2,1-3H3,(H,30,35)/t18-,21-/m0/s1. The summed E-state index contributed by atoms with van der Waals surface area (Å²) in [4.78, 5) is 13.1. The summed E-state index contributed by atoms with van der Waals surface area (Å²) in [5.74, 6) is -0.135. The number of aryl methyl sites for hydroxylation is 2. The number of benzene rings is 1. The fourth-order valence-electron chi connectivity index (χ4n) is 4.44. The molecule has 1 aromatic carbocycles. The Morgan fingerprint density at radius 3 is 2.58 bits per heavy atom. The van der Waals surface area contributed by atoms with Gasteiger partial charge in [0.25, 0.3) is 5.91 Å². The molecule has 0 aliphatic carbocycles. The second kappa shape index (κ2) is 8.89. The number of halogens is 3. The molecule has 0 spiro atoms. The maximum Gasteiger partial charge on any atom is 0.410 e. The fourth-order valence-corrected chi connectivity index (χ4v) is 4.44. The first-order valence-electron chi connectivity index (χ1n) is 11.5. The first kappa shape index (κ1) is 23.7. The summed E-state index contributed by atoms with van der Waals surface area (Å²) in [6.45, 7) is 6.13. The van der Waals surface area contributed by atoms with Crippen molar-refractivity contribution < 1.29 is 22.4 Å². The third-order valence-corrected chi connectivity index (χ3v) is 6.38. The SMILES string of the molecule is Cc1ccc(Cn2nc(C)c(NC(=O)c3cc4n(n3)[C@H](C(F)(F)F)C[C@@H](c3ccco3)N4)c2C)cc1. The van der Waals surface area contributed by atoms with E-state index in [1.807, 2.05) is 38.1 Å². The van der Waals surface area contributed by atoms with Crippen molar-refractivity contribution >= 4 is 17.4 Å². The predicted octanol–water partition coefficient (Wildman–Crippen LogP) is 5.56. The normalized spacial score (nSPS) is 17.5. The zero-order valence-electron chi connectivity index (χ0n) is 19.9. The Balaban J connectivity index is 1.39. The van der Waals surface area contributed by atoms with Crippen LogP contribution < -0.4 is 10.6 Å². The predicted molar refractivity (Wildman–Crippen MR) is 127 cm³/mol. The van der Waals surface area contributed by atoms with Gasteiger partial charge in [-0.15, -0.1) is 0 Å². The number of anilines is 2. The number of rotatable bonds is 5. The highest BCUT2D eigenvalue weighted by molar-refractivity contribution is 6.04. The van der Waals surface area contributed by atoms with Crippen molar-refractivity contribution in [3.05, 3.63) is 82.7 Å². The molecule has 188 valence electrons. The second-order valence-corrected chi connectivity index (χ2v) is 9.01. The van der Waals surface area contributed by atoms with Gasteiger partial charge in [0.1, 0.15) is 11.6 Å². The van der Waals surface area contributed by atoms with Gasteiger partial charge in [-0.2, -0.15) is 23.4 Å². The van der Waals surface area contributed by atoms with Gasteiger partial charge in [-0.1, -0.05) is 29.8 Å². The van der Waals surface area contributed by atoms with Crippen LogP contribution in [0.5, 0.6) is 0 Å². The third-order valence-electron chi connectivity index (χ3n) is 6.38. The number of alkyl halides is 3. The summed E-state index contributed by atoms with van der Waals surface area (Å²) >= 11 is 0. The Morgan fingerprint density at radius 2 is 1.92 bits per heavy atom. The molecule has 1 aliphatic rings. The lowest BCUT2D eigenvalue weighted by Crippen LogP contribution is -2.35. The van der Waals surface area contributed by atoms with E-state index in [0.29, 0.717) is 23.7 Å². The van der Waals surface area contributed by atoms with Gasteiger partial charge in [0.2, 0.25) is 0 Å². The number of nitrogens with zero attached hydrogens (tertiary/aromatic N) is 4. The van der Waals surface area contributed by atoms with Gasteiger partial charge in [0.15, 0.2) is 11.7 Å². The van der Waals surface area contributed by atoms with Crippen LogP contribution in [-0.2, 0) is 6.54 Å². The van der Waals surface area contributed by atoms with Crippen LogP contribution in [0.1, 0.15) is 57.3 Å². The molecule has 0 unspecified atom stereocenters. The average Bonchev–Trinajstić information content (AvgIpc) is 3.56. The van der Waals surface area contributed by atoms with Crippen LogP contribution in [0.3, 0.4) is 0 Å². The first-order chi connectivity index (χ1) is 17.1. The molecule has 4 aromatic rings. The highest BCUT2D eigenvalue weighted by atomic mass is 19.4. The number of hydrogen-bond acceptors (Lipinski definition) is 5. The number of carbonyl (C=O) groups is 1. The smallest absolute Gasteiger partial charge is 0.410 e. The van der Waals surface area contributed by atoms with Crippen LogP contribution in [0.4, 0.5) is 24.7 Å². The zero-order chi connectivity index (χ0) is 25.6. The Bertz CT molecular complexity index is 1390. The highest BCUT2D eigenvalue weighted by Gasteiger charge is 2.47. The van der Waals surface area contributed by atoms with Crippen LogP contribution in [0.25, 0.3) is 0 Å². The average molecular weight is 499 g/mol. The summed E-state index contributed by atoms with van der Waals surface area (Å²) in [7, 11) is 0. The van der Waals surface area contributed by atoms with Gasteiger partial charge in [-0.25, -0.2) is 4.68 Å². The molecular formula is C25H25F3N6O2. The van der Waals surface area contributed by atoms with Crippen molar-refractivity contribution in [1.82, 2.24) is 19.6 Å². The van der Waals surface area contributed by atoms with Crippen molar-refractivity contribution in [3.63, 3.8) is 0 Å². The second-order valence-electron chi connectivity index (χ2n) is 9.01. The van der Waals surface area contributed by atoms with E-state index in [1.165, 1.54) is 12.3 Å². The Labute approximate surface area is 205 Å². The van der Waals surface area contributed by atoms with Gasteiger partial charge in [0, 0.05) is 12.5 Å². The van der Waals surface area contributed by atoms with Crippen molar-refractivity contribution in [1.29, 1.82) is 0 Å². The molecule has 8 nitrogen and oxygen atoms in total. The van der Waals surface area contributed by atoms with Gasteiger partial charge in [-0.05, 0) is 38.5 Å². The summed E-state index contributed by atoms with van der Waals surface area (Å²) in [6.07, 6.45) is -3.45. The quantitative estimate of drug-likeness (QED) is 0.376. The van der Waals surface area contributed by atoms with E-state index in [4.69, 9.17) is 4.42 Å². The molecule has 1 amide bonds. The van der Waals surface area contributed by atoms with Crippen molar-refractivity contribution in [3.8, 4) is 0 Å². The Kier molecular flexibility index (Phi) is 5.85. The monoisotopic (exact) mass is 498 g/mol. The minimum atomic E-state index is -4.55. The van der Waals surface area contributed by atoms with Crippen LogP contribution in [0, 0.1) is 20.8 Å². The molecule has 2 N–H and O–H groups in total. The number of aromatic nitrogens is 4.